The molecule has 0 fully saturated rings. The van der Waals surface area contributed by atoms with Crippen molar-refractivity contribution in [2.24, 2.45) is 0 Å². The summed E-state index contributed by atoms with van der Waals surface area (Å²) in [5.41, 5.74) is 4.40. The smallest absolute Gasteiger partial charge is 0.162 e. The van der Waals surface area contributed by atoms with Crippen LogP contribution in [0.2, 0.25) is 0 Å². The first kappa shape index (κ1) is 15.0. The highest BCUT2D eigenvalue weighted by Crippen LogP contribution is 2.26. The second kappa shape index (κ2) is 6.35. The highest BCUT2D eigenvalue weighted by atomic mass is 79.9. The van der Waals surface area contributed by atoms with E-state index in [9.17, 15) is 0 Å². The molecular formula is C16H20BrN3. The van der Waals surface area contributed by atoms with Crippen molar-refractivity contribution in [1.29, 1.82) is 0 Å². The number of nitrogens with zero attached hydrogens (tertiary/aromatic N) is 2. The van der Waals surface area contributed by atoms with Crippen LogP contribution >= 0.6 is 15.9 Å². The Morgan fingerprint density at radius 1 is 1.15 bits per heavy atom. The average molecular weight is 334 g/mol. The van der Waals surface area contributed by atoms with Gasteiger partial charge in [0.1, 0.15) is 5.82 Å². The number of nitrogens with one attached hydrogen (secondary N) is 1. The largest absolute Gasteiger partial charge is 0.370 e. The van der Waals surface area contributed by atoms with Crippen molar-refractivity contribution in [3.05, 3.63) is 39.5 Å². The molecule has 4 heteroatoms. The van der Waals surface area contributed by atoms with E-state index >= 15 is 0 Å². The minimum atomic E-state index is 0.789. The van der Waals surface area contributed by atoms with E-state index in [0.29, 0.717) is 0 Å². The molecule has 3 nitrogen and oxygen atoms in total. The van der Waals surface area contributed by atoms with Crippen molar-refractivity contribution in [3.8, 4) is 11.4 Å². The van der Waals surface area contributed by atoms with E-state index in [1.165, 1.54) is 5.56 Å². The van der Waals surface area contributed by atoms with Gasteiger partial charge in [-0.3, -0.25) is 0 Å². The summed E-state index contributed by atoms with van der Waals surface area (Å²) >= 11 is 3.49. The van der Waals surface area contributed by atoms with Crippen molar-refractivity contribution in [1.82, 2.24) is 9.97 Å². The Hall–Kier alpha value is -1.42. The maximum atomic E-state index is 4.69. The number of anilines is 1. The van der Waals surface area contributed by atoms with Crippen LogP contribution in [0, 0.1) is 20.8 Å². The zero-order valence-electron chi connectivity index (χ0n) is 12.4. The van der Waals surface area contributed by atoms with Gasteiger partial charge in [0.05, 0.1) is 0 Å². The summed E-state index contributed by atoms with van der Waals surface area (Å²) in [7, 11) is 0. The van der Waals surface area contributed by atoms with Crippen LogP contribution in [0.5, 0.6) is 0 Å². The number of aryl methyl sites for hydroxylation is 2. The van der Waals surface area contributed by atoms with Gasteiger partial charge in [-0.1, -0.05) is 22.9 Å². The first-order chi connectivity index (χ1) is 9.52. The lowest BCUT2D eigenvalue weighted by molar-refractivity contribution is 0.954. The summed E-state index contributed by atoms with van der Waals surface area (Å²) < 4.78 is 1.08. The summed E-state index contributed by atoms with van der Waals surface area (Å²) in [6.07, 6.45) is 1.08. The van der Waals surface area contributed by atoms with E-state index in [4.69, 9.17) is 4.98 Å². The van der Waals surface area contributed by atoms with E-state index in [1.54, 1.807) is 0 Å². The predicted octanol–water partition coefficient (Wildman–Crippen LogP) is 4.65. The van der Waals surface area contributed by atoms with Crippen LogP contribution in [0.1, 0.15) is 30.2 Å². The monoisotopic (exact) mass is 333 g/mol. The summed E-state index contributed by atoms with van der Waals surface area (Å²) in [5, 5.41) is 3.38. The van der Waals surface area contributed by atoms with Crippen molar-refractivity contribution >= 4 is 21.7 Å². The fourth-order valence-corrected chi connectivity index (χ4v) is 2.52. The second-order valence-corrected chi connectivity index (χ2v) is 5.91. The number of hydrogen-bond acceptors (Lipinski definition) is 3. The third-order valence-electron chi connectivity index (χ3n) is 3.36. The molecule has 106 valence electrons. The van der Waals surface area contributed by atoms with Crippen LogP contribution in [0.3, 0.4) is 0 Å². The molecule has 0 amide bonds. The van der Waals surface area contributed by atoms with Crippen LogP contribution in [-0.2, 0) is 0 Å². The molecule has 0 aliphatic heterocycles. The summed E-state index contributed by atoms with van der Waals surface area (Å²) in [6.45, 7) is 9.25. The third-order valence-corrected chi connectivity index (χ3v) is 3.85. The average Bonchev–Trinajstić information content (AvgIpc) is 2.40. The van der Waals surface area contributed by atoms with Gasteiger partial charge >= 0.3 is 0 Å². The van der Waals surface area contributed by atoms with E-state index in [2.05, 4.69) is 59.1 Å². The van der Waals surface area contributed by atoms with Gasteiger partial charge in [-0.25, -0.2) is 9.97 Å². The number of hydrogen-bond donors (Lipinski definition) is 1. The summed E-state index contributed by atoms with van der Waals surface area (Å²) in [6, 6.07) is 6.18. The molecule has 0 bridgehead atoms. The fraction of sp³-hybridized carbons (Fsp3) is 0.375. The van der Waals surface area contributed by atoms with Gasteiger partial charge in [0.25, 0.3) is 0 Å². The van der Waals surface area contributed by atoms with Gasteiger partial charge in [0.15, 0.2) is 5.82 Å². The lowest BCUT2D eigenvalue weighted by Crippen LogP contribution is -2.07. The quantitative estimate of drug-likeness (QED) is 0.884. The van der Waals surface area contributed by atoms with Crippen LogP contribution < -0.4 is 5.32 Å². The molecule has 0 atom stereocenters. The molecule has 0 spiro atoms. The first-order valence-electron chi connectivity index (χ1n) is 6.88. The Morgan fingerprint density at radius 2 is 1.90 bits per heavy atom. The van der Waals surface area contributed by atoms with E-state index in [-0.39, 0.29) is 0 Å². The van der Waals surface area contributed by atoms with Crippen LogP contribution in [0.4, 0.5) is 5.82 Å². The molecule has 20 heavy (non-hydrogen) atoms. The standard InChI is InChI=1S/C16H20BrN3/c1-5-8-18-15-11(3)12(4)19-16(20-15)14-7-6-13(17)9-10(14)2/h6-7,9H,5,8H2,1-4H3,(H,18,19,20). The van der Waals surface area contributed by atoms with Crippen LogP contribution in [0.15, 0.2) is 22.7 Å². The lowest BCUT2D eigenvalue weighted by atomic mass is 10.1. The first-order valence-corrected chi connectivity index (χ1v) is 7.68. The molecular weight excluding hydrogens is 314 g/mol. The second-order valence-electron chi connectivity index (χ2n) is 4.99. The van der Waals surface area contributed by atoms with E-state index in [1.807, 2.05) is 13.0 Å². The maximum absolute atomic E-state index is 4.69. The maximum Gasteiger partial charge on any atom is 0.162 e. The molecule has 0 radical (unpaired) electrons. The normalized spacial score (nSPS) is 10.7. The minimum absolute atomic E-state index is 0.789. The summed E-state index contributed by atoms with van der Waals surface area (Å²) in [5.74, 6) is 1.73. The SMILES string of the molecule is CCCNc1nc(-c2ccc(Br)cc2C)nc(C)c1C. The Morgan fingerprint density at radius 3 is 2.55 bits per heavy atom. The molecule has 0 aliphatic carbocycles. The topological polar surface area (TPSA) is 37.8 Å². The summed E-state index contributed by atoms with van der Waals surface area (Å²) in [4.78, 5) is 9.33. The zero-order chi connectivity index (χ0) is 14.7. The van der Waals surface area contributed by atoms with Gasteiger partial charge in [-0.2, -0.15) is 0 Å². The Labute approximate surface area is 129 Å². The van der Waals surface area contributed by atoms with Crippen molar-refractivity contribution in [3.63, 3.8) is 0 Å². The molecule has 0 saturated heterocycles. The van der Waals surface area contributed by atoms with E-state index < -0.39 is 0 Å². The Bertz CT molecular complexity index is 623. The van der Waals surface area contributed by atoms with Crippen LogP contribution in [-0.4, -0.2) is 16.5 Å². The van der Waals surface area contributed by atoms with Gasteiger partial charge < -0.3 is 5.32 Å². The highest BCUT2D eigenvalue weighted by molar-refractivity contribution is 9.10. The lowest BCUT2D eigenvalue weighted by Gasteiger charge is -2.13. The molecule has 1 heterocycles. The number of halogens is 1. The number of rotatable bonds is 4. The fourth-order valence-electron chi connectivity index (χ4n) is 2.04. The molecule has 0 unspecified atom stereocenters. The van der Waals surface area contributed by atoms with Crippen molar-refractivity contribution < 1.29 is 0 Å². The van der Waals surface area contributed by atoms with Gasteiger partial charge in [0, 0.05) is 27.8 Å². The van der Waals surface area contributed by atoms with Crippen molar-refractivity contribution in [2.45, 2.75) is 34.1 Å². The molecule has 1 aromatic heterocycles. The molecule has 2 rings (SSSR count). The molecule has 0 aliphatic rings. The zero-order valence-corrected chi connectivity index (χ0v) is 14.0. The Balaban J connectivity index is 2.48. The molecule has 1 N–H and O–H groups in total. The van der Waals surface area contributed by atoms with Crippen molar-refractivity contribution in [2.75, 3.05) is 11.9 Å². The highest BCUT2D eigenvalue weighted by Gasteiger charge is 2.11. The third kappa shape index (κ3) is 3.18. The van der Waals surface area contributed by atoms with Gasteiger partial charge in [-0.15, -0.1) is 0 Å². The van der Waals surface area contributed by atoms with Gasteiger partial charge in [0.2, 0.25) is 0 Å². The predicted molar refractivity (Wildman–Crippen MR) is 88.2 cm³/mol. The van der Waals surface area contributed by atoms with Gasteiger partial charge in [-0.05, 0) is 51.0 Å². The number of aromatic nitrogens is 2. The Kier molecular flexibility index (Phi) is 4.76. The molecule has 0 saturated carbocycles. The van der Waals surface area contributed by atoms with Crippen LogP contribution in [0.25, 0.3) is 11.4 Å². The van der Waals surface area contributed by atoms with E-state index in [0.717, 1.165) is 45.9 Å². The molecule has 1 aromatic carbocycles. The molecule has 2 aromatic rings. The minimum Gasteiger partial charge on any atom is -0.370 e. The number of benzene rings is 1.